The molecule has 1 aromatic rings. The van der Waals surface area contributed by atoms with Gasteiger partial charge in [-0.25, -0.2) is 0 Å². The summed E-state index contributed by atoms with van der Waals surface area (Å²) in [4.78, 5) is 11.7. The minimum atomic E-state index is -0.287. The topological polar surface area (TPSA) is 66.8 Å². The van der Waals surface area contributed by atoms with E-state index in [1.807, 2.05) is 24.3 Å². The Bertz CT molecular complexity index is 898. The Morgan fingerprint density at radius 2 is 1.91 bits per heavy atom. The summed E-state index contributed by atoms with van der Waals surface area (Å²) in [5, 5.41) is 20.6. The Hall–Kier alpha value is -1.83. The van der Waals surface area contributed by atoms with E-state index in [0.717, 1.165) is 62.5 Å². The number of carbonyl (C=O) groups is 1. The van der Waals surface area contributed by atoms with Gasteiger partial charge >= 0.3 is 5.97 Å². The molecule has 2 N–H and O–H groups in total. The first-order valence-electron chi connectivity index (χ1n) is 12.3. The van der Waals surface area contributed by atoms with Gasteiger partial charge in [-0.2, -0.15) is 0 Å². The fourth-order valence-electron chi connectivity index (χ4n) is 7.40. The van der Waals surface area contributed by atoms with Crippen LogP contribution in [0.2, 0.25) is 0 Å². The van der Waals surface area contributed by atoms with E-state index in [1.165, 1.54) is 6.92 Å². The van der Waals surface area contributed by atoms with Gasteiger partial charge in [0.1, 0.15) is 6.10 Å². The number of hydrogen-bond acceptors (Lipinski definition) is 4. The number of rotatable bonds is 4. The molecule has 0 heterocycles. The van der Waals surface area contributed by atoms with E-state index in [4.69, 9.17) is 4.74 Å². The van der Waals surface area contributed by atoms with Crippen molar-refractivity contribution in [1.29, 1.82) is 0 Å². The third-order valence-electron chi connectivity index (χ3n) is 9.24. The number of benzene rings is 1. The van der Waals surface area contributed by atoms with Crippen LogP contribution >= 0.6 is 0 Å². The molecule has 7 atom stereocenters. The highest BCUT2D eigenvalue weighted by atomic mass is 16.5. The summed E-state index contributed by atoms with van der Waals surface area (Å²) in [5.41, 5.74) is 1.69. The molecular weight excluding hydrogens is 400 g/mol. The molecular formula is C28H38O4. The summed E-state index contributed by atoms with van der Waals surface area (Å²) < 4.78 is 5.75. The van der Waals surface area contributed by atoms with Gasteiger partial charge in [0.25, 0.3) is 0 Å². The van der Waals surface area contributed by atoms with Crippen molar-refractivity contribution < 1.29 is 19.7 Å². The fraction of sp³-hybridized carbons (Fsp3) is 0.679. The van der Waals surface area contributed by atoms with Crippen molar-refractivity contribution in [2.24, 2.45) is 28.6 Å². The highest BCUT2D eigenvalue weighted by Crippen LogP contribution is 2.64. The zero-order valence-corrected chi connectivity index (χ0v) is 19.8. The molecule has 1 aromatic carbocycles. The summed E-state index contributed by atoms with van der Waals surface area (Å²) in [5.74, 6) is 8.04. The van der Waals surface area contributed by atoms with Crippen LogP contribution in [0.5, 0.6) is 0 Å². The second kappa shape index (κ2) is 9.20. The summed E-state index contributed by atoms with van der Waals surface area (Å²) in [6.07, 6.45) is 7.56. The molecule has 4 nitrogen and oxygen atoms in total. The van der Waals surface area contributed by atoms with Crippen molar-refractivity contribution >= 4 is 5.97 Å². The molecule has 0 radical (unpaired) electrons. The van der Waals surface area contributed by atoms with Crippen molar-refractivity contribution in [3.8, 4) is 11.8 Å². The first kappa shape index (κ1) is 23.3. The maximum Gasteiger partial charge on any atom is 0.302 e. The van der Waals surface area contributed by atoms with Crippen LogP contribution < -0.4 is 0 Å². The Kier molecular flexibility index (Phi) is 6.71. The smallest absolute Gasteiger partial charge is 0.302 e. The van der Waals surface area contributed by atoms with Crippen molar-refractivity contribution in [3.05, 3.63) is 35.4 Å². The number of hydrogen-bond donors (Lipinski definition) is 2. The Morgan fingerprint density at radius 3 is 2.66 bits per heavy atom. The van der Waals surface area contributed by atoms with Crippen LogP contribution in [0.15, 0.2) is 24.3 Å². The molecule has 3 saturated carbocycles. The van der Waals surface area contributed by atoms with Gasteiger partial charge < -0.3 is 14.9 Å². The number of esters is 1. The maximum atomic E-state index is 11.7. The van der Waals surface area contributed by atoms with E-state index in [9.17, 15) is 15.0 Å². The zero-order valence-electron chi connectivity index (χ0n) is 19.8. The minimum Gasteiger partial charge on any atom is -0.462 e. The summed E-state index contributed by atoms with van der Waals surface area (Å²) >= 11 is 0. The number of fused-ring (bicyclic) bond motifs is 3. The van der Waals surface area contributed by atoms with E-state index in [2.05, 4.69) is 25.7 Å². The predicted octanol–water partition coefficient (Wildman–Crippen LogP) is 4.85. The summed E-state index contributed by atoms with van der Waals surface area (Å²) in [6, 6.07) is 7.73. The van der Waals surface area contributed by atoms with E-state index in [-0.39, 0.29) is 35.6 Å². The molecule has 174 valence electrons. The third-order valence-corrected chi connectivity index (χ3v) is 9.24. The lowest BCUT2D eigenvalue weighted by molar-refractivity contribution is -0.163. The first-order chi connectivity index (χ1) is 15.3. The summed E-state index contributed by atoms with van der Waals surface area (Å²) in [7, 11) is 0. The largest absolute Gasteiger partial charge is 0.462 e. The minimum absolute atomic E-state index is 0.000467. The van der Waals surface area contributed by atoms with Crippen LogP contribution in [0.3, 0.4) is 0 Å². The third kappa shape index (κ3) is 4.11. The highest BCUT2D eigenvalue weighted by molar-refractivity contribution is 5.66. The fourth-order valence-corrected chi connectivity index (χ4v) is 7.40. The van der Waals surface area contributed by atoms with Crippen molar-refractivity contribution in [1.82, 2.24) is 0 Å². The zero-order chi connectivity index (χ0) is 22.9. The van der Waals surface area contributed by atoms with Gasteiger partial charge in [-0.05, 0) is 79.7 Å². The maximum absolute atomic E-state index is 11.7. The molecule has 32 heavy (non-hydrogen) atoms. The van der Waals surface area contributed by atoms with Crippen LogP contribution in [-0.4, -0.2) is 28.4 Å². The normalized spacial score (nSPS) is 38.2. The molecule has 4 heteroatoms. The van der Waals surface area contributed by atoms with E-state index >= 15 is 0 Å². The van der Waals surface area contributed by atoms with Gasteiger partial charge in [0.2, 0.25) is 0 Å². The Balaban J connectivity index is 1.48. The van der Waals surface area contributed by atoms with Crippen LogP contribution in [0.1, 0.15) is 83.3 Å². The van der Waals surface area contributed by atoms with Crippen LogP contribution in [-0.2, 0) is 16.1 Å². The highest BCUT2D eigenvalue weighted by Gasteiger charge is 2.60. The van der Waals surface area contributed by atoms with Crippen molar-refractivity contribution in [2.75, 3.05) is 0 Å². The lowest BCUT2D eigenvalue weighted by Gasteiger charge is -2.57. The molecule has 0 saturated heterocycles. The standard InChI is InChI=1S/C28H38O4/c1-19(30)32-26-14-12-23-22-11-13-25(31)27(2,24(22)15-17-28(23,26)3)16-7-6-9-20-8-4-5-10-21(20)18-29/h4-5,8,10,22-26,29,31H,7,11-18H2,1-3H3/t22-,23-,24-,25+,26-,27+,28-/m0/s1. The van der Waals surface area contributed by atoms with E-state index in [0.29, 0.717) is 17.8 Å². The Morgan fingerprint density at radius 1 is 1.12 bits per heavy atom. The number of carbonyl (C=O) groups excluding carboxylic acids is 1. The second-order valence-corrected chi connectivity index (χ2v) is 10.8. The van der Waals surface area contributed by atoms with Gasteiger partial charge in [0.05, 0.1) is 12.7 Å². The molecule has 3 fully saturated rings. The van der Waals surface area contributed by atoms with E-state index in [1.54, 1.807) is 0 Å². The van der Waals surface area contributed by atoms with Crippen molar-refractivity contribution in [3.63, 3.8) is 0 Å². The van der Waals surface area contributed by atoms with Crippen LogP contribution in [0, 0.1) is 40.4 Å². The van der Waals surface area contributed by atoms with Crippen LogP contribution in [0.4, 0.5) is 0 Å². The number of ether oxygens (including phenoxy) is 1. The molecule has 0 spiro atoms. The van der Waals surface area contributed by atoms with Gasteiger partial charge in [-0.3, -0.25) is 4.79 Å². The molecule has 0 aromatic heterocycles. The Labute approximate surface area is 192 Å². The molecule has 0 bridgehead atoms. The molecule has 3 aliphatic rings. The van der Waals surface area contributed by atoms with E-state index < -0.39 is 0 Å². The van der Waals surface area contributed by atoms with Crippen molar-refractivity contribution in [2.45, 2.75) is 91.0 Å². The van der Waals surface area contributed by atoms with Gasteiger partial charge in [-0.1, -0.05) is 43.9 Å². The predicted molar refractivity (Wildman–Crippen MR) is 124 cm³/mol. The van der Waals surface area contributed by atoms with Crippen LogP contribution in [0.25, 0.3) is 0 Å². The lowest BCUT2D eigenvalue weighted by Crippen LogP contribution is -2.54. The molecule has 0 amide bonds. The lowest BCUT2D eigenvalue weighted by atomic mass is 9.48. The van der Waals surface area contributed by atoms with Gasteiger partial charge in [-0.15, -0.1) is 0 Å². The quantitative estimate of drug-likeness (QED) is 0.521. The molecule has 3 aliphatic carbocycles. The molecule has 0 unspecified atom stereocenters. The first-order valence-corrected chi connectivity index (χ1v) is 12.3. The van der Waals surface area contributed by atoms with Gasteiger partial charge in [0, 0.05) is 24.3 Å². The monoisotopic (exact) mass is 438 g/mol. The number of aliphatic hydroxyl groups is 2. The summed E-state index contributed by atoms with van der Waals surface area (Å²) in [6.45, 7) is 6.13. The number of aliphatic hydroxyl groups excluding tert-OH is 2. The average Bonchev–Trinajstić information content (AvgIpc) is 3.10. The SMILES string of the molecule is CC(=O)O[C@H]1CC[C@H]2[C@@H]3CC[C@@H](O)[C@](C)(CCC#Cc4ccccc4CO)[C@H]3CC[C@]12C. The molecule has 4 rings (SSSR count). The second-order valence-electron chi connectivity index (χ2n) is 10.8. The average molecular weight is 439 g/mol. The van der Waals surface area contributed by atoms with Gasteiger partial charge in [0.15, 0.2) is 0 Å². The molecule has 0 aliphatic heterocycles.